The van der Waals surface area contributed by atoms with E-state index in [9.17, 15) is 18.0 Å². The van der Waals surface area contributed by atoms with E-state index < -0.39 is 27.7 Å². The summed E-state index contributed by atoms with van der Waals surface area (Å²) in [6.07, 6.45) is 1.11. The SMILES string of the molecule is CCC(C)NC(=O)C(=O)NC1CCS(=O)(=O)C1. The van der Waals surface area contributed by atoms with Crippen molar-refractivity contribution in [2.24, 2.45) is 0 Å². The van der Waals surface area contributed by atoms with Crippen molar-refractivity contribution in [2.75, 3.05) is 11.5 Å². The number of nitrogens with one attached hydrogen (secondary N) is 2. The summed E-state index contributed by atoms with van der Waals surface area (Å²) < 4.78 is 22.3. The van der Waals surface area contributed by atoms with Crippen LogP contribution in [-0.2, 0) is 19.4 Å². The largest absolute Gasteiger partial charge is 0.345 e. The molecule has 6 nitrogen and oxygen atoms in total. The highest BCUT2D eigenvalue weighted by Crippen LogP contribution is 2.10. The lowest BCUT2D eigenvalue weighted by Crippen LogP contribution is -2.47. The standard InChI is InChI=1S/C10H18N2O4S/c1-3-7(2)11-9(13)10(14)12-8-4-5-17(15,16)6-8/h7-8H,3-6H2,1-2H3,(H,11,13)(H,12,14). The van der Waals surface area contributed by atoms with Crippen LogP contribution in [0.25, 0.3) is 0 Å². The molecule has 1 saturated heterocycles. The lowest BCUT2D eigenvalue weighted by molar-refractivity contribution is -0.139. The number of carbonyl (C=O) groups excluding carboxylic acids is 2. The van der Waals surface area contributed by atoms with Gasteiger partial charge in [-0.05, 0) is 19.8 Å². The van der Waals surface area contributed by atoms with Crippen LogP contribution in [0.15, 0.2) is 0 Å². The van der Waals surface area contributed by atoms with Gasteiger partial charge in [-0.25, -0.2) is 8.42 Å². The van der Waals surface area contributed by atoms with Crippen LogP contribution < -0.4 is 10.6 Å². The summed E-state index contributed by atoms with van der Waals surface area (Å²) >= 11 is 0. The third kappa shape index (κ3) is 4.33. The third-order valence-corrected chi connectivity index (χ3v) is 4.53. The smallest absolute Gasteiger partial charge is 0.309 e. The summed E-state index contributed by atoms with van der Waals surface area (Å²) in [5.41, 5.74) is 0. The van der Waals surface area contributed by atoms with Crippen LogP contribution in [0.2, 0.25) is 0 Å². The molecular weight excluding hydrogens is 244 g/mol. The summed E-state index contributed by atoms with van der Waals surface area (Å²) in [5.74, 6) is -1.46. The highest BCUT2D eigenvalue weighted by Gasteiger charge is 2.30. The minimum absolute atomic E-state index is 0.0689. The molecule has 0 aromatic heterocycles. The van der Waals surface area contributed by atoms with Gasteiger partial charge in [0.15, 0.2) is 9.84 Å². The van der Waals surface area contributed by atoms with Gasteiger partial charge in [0.25, 0.3) is 0 Å². The van der Waals surface area contributed by atoms with Crippen molar-refractivity contribution < 1.29 is 18.0 Å². The van der Waals surface area contributed by atoms with Crippen LogP contribution >= 0.6 is 0 Å². The number of hydrogen-bond acceptors (Lipinski definition) is 4. The number of carbonyl (C=O) groups is 2. The maximum absolute atomic E-state index is 11.4. The van der Waals surface area contributed by atoms with Crippen molar-refractivity contribution in [1.29, 1.82) is 0 Å². The minimum atomic E-state index is -3.04. The Morgan fingerprint density at radius 2 is 2.00 bits per heavy atom. The average molecular weight is 262 g/mol. The Balaban J connectivity index is 2.42. The van der Waals surface area contributed by atoms with Crippen LogP contribution in [-0.4, -0.2) is 43.8 Å². The van der Waals surface area contributed by atoms with Crippen LogP contribution in [0.3, 0.4) is 0 Å². The first-order valence-corrected chi connectivity index (χ1v) is 7.48. The first-order chi connectivity index (χ1) is 7.84. The highest BCUT2D eigenvalue weighted by atomic mass is 32.2. The maximum Gasteiger partial charge on any atom is 0.309 e. The molecule has 0 saturated carbocycles. The van der Waals surface area contributed by atoms with Gasteiger partial charge in [0.1, 0.15) is 0 Å². The molecule has 0 aromatic carbocycles. The molecule has 2 N–H and O–H groups in total. The molecule has 0 spiro atoms. The minimum Gasteiger partial charge on any atom is -0.345 e. The van der Waals surface area contributed by atoms with E-state index >= 15 is 0 Å². The van der Waals surface area contributed by atoms with Crippen molar-refractivity contribution in [1.82, 2.24) is 10.6 Å². The number of rotatable bonds is 3. The van der Waals surface area contributed by atoms with E-state index in [1.54, 1.807) is 6.92 Å². The van der Waals surface area contributed by atoms with E-state index in [-0.39, 0.29) is 17.5 Å². The van der Waals surface area contributed by atoms with Gasteiger partial charge in [-0.1, -0.05) is 6.92 Å². The van der Waals surface area contributed by atoms with E-state index in [1.807, 2.05) is 6.92 Å². The fourth-order valence-electron chi connectivity index (χ4n) is 1.55. The molecule has 0 radical (unpaired) electrons. The molecule has 1 fully saturated rings. The number of hydrogen-bond donors (Lipinski definition) is 2. The Labute approximate surface area is 101 Å². The Kier molecular flexibility index (Phi) is 4.50. The van der Waals surface area contributed by atoms with Crippen molar-refractivity contribution in [3.05, 3.63) is 0 Å². The molecule has 98 valence electrons. The summed E-state index contributed by atoms with van der Waals surface area (Å²) in [5, 5.41) is 4.96. The topological polar surface area (TPSA) is 92.3 Å². The molecule has 2 atom stereocenters. The lowest BCUT2D eigenvalue weighted by atomic mass is 10.2. The van der Waals surface area contributed by atoms with Crippen molar-refractivity contribution in [3.8, 4) is 0 Å². The molecule has 1 aliphatic rings. The molecule has 17 heavy (non-hydrogen) atoms. The Hall–Kier alpha value is -1.11. The van der Waals surface area contributed by atoms with Gasteiger partial charge in [0, 0.05) is 12.1 Å². The molecule has 2 amide bonds. The number of amides is 2. The second-order valence-electron chi connectivity index (χ2n) is 4.36. The fourth-order valence-corrected chi connectivity index (χ4v) is 3.22. The highest BCUT2D eigenvalue weighted by molar-refractivity contribution is 7.91. The van der Waals surface area contributed by atoms with Gasteiger partial charge >= 0.3 is 11.8 Å². The van der Waals surface area contributed by atoms with Gasteiger partial charge in [-0.15, -0.1) is 0 Å². The Morgan fingerprint density at radius 3 is 2.47 bits per heavy atom. The first kappa shape index (κ1) is 14.0. The summed E-state index contributed by atoms with van der Waals surface area (Å²) in [6, 6.07) is -0.504. The van der Waals surface area contributed by atoms with Gasteiger partial charge < -0.3 is 10.6 Å². The summed E-state index contributed by atoms with van der Waals surface area (Å²) in [6.45, 7) is 3.69. The molecule has 1 rings (SSSR count). The zero-order valence-corrected chi connectivity index (χ0v) is 10.8. The Morgan fingerprint density at radius 1 is 1.35 bits per heavy atom. The van der Waals surface area contributed by atoms with E-state index in [2.05, 4.69) is 10.6 Å². The summed E-state index contributed by atoms with van der Waals surface area (Å²) in [7, 11) is -3.04. The molecule has 0 aromatic rings. The summed E-state index contributed by atoms with van der Waals surface area (Å²) in [4.78, 5) is 22.8. The quantitative estimate of drug-likeness (QED) is 0.652. The van der Waals surface area contributed by atoms with E-state index in [0.29, 0.717) is 6.42 Å². The maximum atomic E-state index is 11.4. The molecule has 1 aliphatic heterocycles. The first-order valence-electron chi connectivity index (χ1n) is 5.66. The predicted octanol–water partition coefficient (Wildman–Crippen LogP) is -0.796. The number of sulfone groups is 1. The van der Waals surface area contributed by atoms with Crippen LogP contribution in [0, 0.1) is 0 Å². The molecular formula is C10H18N2O4S. The van der Waals surface area contributed by atoms with Crippen molar-refractivity contribution in [3.63, 3.8) is 0 Å². The van der Waals surface area contributed by atoms with Gasteiger partial charge in [-0.3, -0.25) is 9.59 Å². The van der Waals surface area contributed by atoms with E-state index in [0.717, 1.165) is 6.42 Å². The second kappa shape index (κ2) is 5.48. The van der Waals surface area contributed by atoms with Crippen LogP contribution in [0.5, 0.6) is 0 Å². The second-order valence-corrected chi connectivity index (χ2v) is 6.58. The van der Waals surface area contributed by atoms with E-state index in [4.69, 9.17) is 0 Å². The molecule has 1 heterocycles. The van der Waals surface area contributed by atoms with E-state index in [1.165, 1.54) is 0 Å². The van der Waals surface area contributed by atoms with Gasteiger partial charge in [0.2, 0.25) is 0 Å². The zero-order chi connectivity index (χ0) is 13.1. The molecule has 0 aliphatic carbocycles. The molecule has 7 heteroatoms. The third-order valence-electron chi connectivity index (χ3n) is 2.76. The fraction of sp³-hybridized carbons (Fsp3) is 0.800. The average Bonchev–Trinajstić information content (AvgIpc) is 2.57. The van der Waals surface area contributed by atoms with Crippen molar-refractivity contribution >= 4 is 21.7 Å². The van der Waals surface area contributed by atoms with Gasteiger partial charge in [0.05, 0.1) is 11.5 Å². The Bertz CT molecular complexity index is 405. The molecule has 0 bridgehead atoms. The van der Waals surface area contributed by atoms with Crippen LogP contribution in [0.1, 0.15) is 26.7 Å². The predicted molar refractivity (Wildman–Crippen MR) is 63.1 cm³/mol. The molecule has 2 unspecified atom stereocenters. The lowest BCUT2D eigenvalue weighted by Gasteiger charge is -2.13. The monoisotopic (exact) mass is 262 g/mol. The van der Waals surface area contributed by atoms with Crippen LogP contribution in [0.4, 0.5) is 0 Å². The normalized spacial score (nSPS) is 24.0. The van der Waals surface area contributed by atoms with Gasteiger partial charge in [-0.2, -0.15) is 0 Å². The van der Waals surface area contributed by atoms with Crippen molar-refractivity contribution in [2.45, 2.75) is 38.8 Å². The zero-order valence-electron chi connectivity index (χ0n) is 10.0.